The van der Waals surface area contributed by atoms with Crippen molar-refractivity contribution < 1.29 is 0 Å². The number of para-hydroxylation sites is 1. The van der Waals surface area contributed by atoms with E-state index < -0.39 is 0 Å². The maximum absolute atomic E-state index is 5.56. The fraction of sp³-hybridized carbons (Fsp3) is 0.385. The number of rotatable bonds is 4. The molecule has 0 saturated heterocycles. The smallest absolute Gasteiger partial charge is 0.0459 e. The lowest BCUT2D eigenvalue weighted by Gasteiger charge is -2.15. The van der Waals surface area contributed by atoms with Gasteiger partial charge in [-0.15, -0.1) is 0 Å². The van der Waals surface area contributed by atoms with Crippen molar-refractivity contribution in [3.8, 4) is 0 Å². The number of likely N-dealkylation sites (N-methyl/N-ethyl adjacent to an activating group) is 1. The lowest BCUT2D eigenvalue weighted by molar-refractivity contribution is 0.337. The highest BCUT2D eigenvalue weighted by molar-refractivity contribution is 5.84. The van der Waals surface area contributed by atoms with Crippen LogP contribution in [0.25, 0.3) is 10.9 Å². The summed E-state index contributed by atoms with van der Waals surface area (Å²) in [6.45, 7) is 4.72. The lowest BCUT2D eigenvalue weighted by Crippen LogP contribution is -2.25. The van der Waals surface area contributed by atoms with E-state index in [2.05, 4.69) is 48.1 Å². The molecule has 3 nitrogen and oxygen atoms in total. The Morgan fingerprint density at radius 1 is 1.31 bits per heavy atom. The zero-order chi connectivity index (χ0) is 11.5. The van der Waals surface area contributed by atoms with Gasteiger partial charge in [0.1, 0.15) is 0 Å². The highest BCUT2D eigenvalue weighted by atomic mass is 15.1. The Morgan fingerprint density at radius 3 is 2.81 bits per heavy atom. The summed E-state index contributed by atoms with van der Waals surface area (Å²) in [4.78, 5) is 5.67. The Labute approximate surface area is 96.2 Å². The van der Waals surface area contributed by atoms with Crippen LogP contribution in [-0.4, -0.2) is 30.0 Å². The van der Waals surface area contributed by atoms with Gasteiger partial charge in [-0.25, -0.2) is 0 Å². The molecule has 0 unspecified atom stereocenters. The molecule has 0 radical (unpaired) electrons. The molecule has 86 valence electrons. The van der Waals surface area contributed by atoms with E-state index in [-0.39, 0.29) is 0 Å². The lowest BCUT2D eigenvalue weighted by atomic mass is 10.1. The van der Waals surface area contributed by atoms with E-state index in [4.69, 9.17) is 5.73 Å². The van der Waals surface area contributed by atoms with Gasteiger partial charge < -0.3 is 15.6 Å². The molecule has 0 atom stereocenters. The summed E-state index contributed by atoms with van der Waals surface area (Å²) in [5.41, 5.74) is 9.41. The van der Waals surface area contributed by atoms with Gasteiger partial charge in [-0.3, -0.25) is 0 Å². The van der Waals surface area contributed by atoms with Crippen molar-refractivity contribution in [3.63, 3.8) is 0 Å². The van der Waals surface area contributed by atoms with Crippen molar-refractivity contribution >= 4 is 10.9 Å². The van der Waals surface area contributed by atoms with E-state index >= 15 is 0 Å². The summed E-state index contributed by atoms with van der Waals surface area (Å²) in [6, 6.07) is 8.44. The van der Waals surface area contributed by atoms with Crippen LogP contribution in [-0.2, 0) is 6.54 Å². The van der Waals surface area contributed by atoms with E-state index in [9.17, 15) is 0 Å². The molecule has 16 heavy (non-hydrogen) atoms. The molecule has 3 heteroatoms. The minimum Gasteiger partial charge on any atom is -0.358 e. The number of nitrogens with two attached hydrogens (primary N) is 1. The number of aryl methyl sites for hydroxylation is 1. The van der Waals surface area contributed by atoms with Gasteiger partial charge in [0.05, 0.1) is 0 Å². The summed E-state index contributed by atoms with van der Waals surface area (Å²) in [6.07, 6.45) is 0. The van der Waals surface area contributed by atoms with Crippen LogP contribution in [0, 0.1) is 6.92 Å². The molecule has 1 aromatic heterocycles. The first-order chi connectivity index (χ1) is 7.72. The maximum atomic E-state index is 5.56. The third-order valence-corrected chi connectivity index (χ3v) is 2.97. The number of fused-ring (bicyclic) bond motifs is 1. The van der Waals surface area contributed by atoms with Gasteiger partial charge in [0, 0.05) is 36.2 Å². The maximum Gasteiger partial charge on any atom is 0.0459 e. The standard InChI is InChI=1S/C13H19N3/c1-10-12(9-16(2)8-7-14)11-5-3-4-6-13(11)15-10/h3-6,15H,7-9,14H2,1-2H3. The predicted octanol–water partition coefficient (Wildman–Crippen LogP) is 1.87. The van der Waals surface area contributed by atoms with Crippen molar-refractivity contribution in [3.05, 3.63) is 35.5 Å². The van der Waals surface area contributed by atoms with Gasteiger partial charge in [-0.05, 0) is 25.6 Å². The molecule has 0 saturated carbocycles. The van der Waals surface area contributed by atoms with E-state index in [0.29, 0.717) is 6.54 Å². The minimum atomic E-state index is 0.706. The van der Waals surface area contributed by atoms with Gasteiger partial charge in [-0.1, -0.05) is 18.2 Å². The molecule has 1 heterocycles. The van der Waals surface area contributed by atoms with Gasteiger partial charge >= 0.3 is 0 Å². The fourth-order valence-electron chi connectivity index (χ4n) is 2.11. The molecular formula is C13H19N3. The second-order valence-corrected chi connectivity index (χ2v) is 4.30. The largest absolute Gasteiger partial charge is 0.358 e. The fourth-order valence-corrected chi connectivity index (χ4v) is 2.11. The van der Waals surface area contributed by atoms with Crippen molar-refractivity contribution in [2.75, 3.05) is 20.1 Å². The van der Waals surface area contributed by atoms with Crippen LogP contribution in [0.15, 0.2) is 24.3 Å². The summed E-state index contributed by atoms with van der Waals surface area (Å²) in [5, 5.41) is 1.32. The first-order valence-electron chi connectivity index (χ1n) is 5.67. The highest BCUT2D eigenvalue weighted by Gasteiger charge is 2.09. The summed E-state index contributed by atoms with van der Waals surface area (Å²) >= 11 is 0. The normalized spacial score (nSPS) is 11.5. The monoisotopic (exact) mass is 217 g/mol. The number of benzene rings is 1. The van der Waals surface area contributed by atoms with Crippen LogP contribution in [0.2, 0.25) is 0 Å². The summed E-state index contributed by atoms with van der Waals surface area (Å²) in [7, 11) is 2.11. The Morgan fingerprint density at radius 2 is 2.06 bits per heavy atom. The van der Waals surface area contributed by atoms with Crippen molar-refractivity contribution in [1.29, 1.82) is 0 Å². The van der Waals surface area contributed by atoms with Crippen LogP contribution in [0.3, 0.4) is 0 Å². The van der Waals surface area contributed by atoms with Crippen LogP contribution in [0.5, 0.6) is 0 Å². The molecule has 3 N–H and O–H groups in total. The van der Waals surface area contributed by atoms with Crippen LogP contribution in [0.4, 0.5) is 0 Å². The average molecular weight is 217 g/mol. The Balaban J connectivity index is 2.32. The van der Waals surface area contributed by atoms with Crippen LogP contribution in [0.1, 0.15) is 11.3 Å². The van der Waals surface area contributed by atoms with Gasteiger partial charge in [0.25, 0.3) is 0 Å². The number of H-pyrrole nitrogens is 1. The third kappa shape index (κ3) is 2.10. The van der Waals surface area contributed by atoms with Gasteiger partial charge in [-0.2, -0.15) is 0 Å². The molecule has 0 amide bonds. The number of aromatic amines is 1. The second-order valence-electron chi connectivity index (χ2n) is 4.30. The third-order valence-electron chi connectivity index (χ3n) is 2.97. The van der Waals surface area contributed by atoms with Crippen LogP contribution < -0.4 is 5.73 Å². The molecule has 2 aromatic rings. The van der Waals surface area contributed by atoms with Crippen LogP contribution >= 0.6 is 0 Å². The van der Waals surface area contributed by atoms with E-state index in [1.54, 1.807) is 0 Å². The van der Waals surface area contributed by atoms with Gasteiger partial charge in [0.2, 0.25) is 0 Å². The summed E-state index contributed by atoms with van der Waals surface area (Å²) < 4.78 is 0. The van der Waals surface area contributed by atoms with Gasteiger partial charge in [0.15, 0.2) is 0 Å². The Hall–Kier alpha value is -1.32. The number of nitrogens with zero attached hydrogens (tertiary/aromatic N) is 1. The Bertz CT molecular complexity index is 473. The first-order valence-corrected chi connectivity index (χ1v) is 5.67. The van der Waals surface area contributed by atoms with E-state index in [1.165, 1.54) is 22.2 Å². The predicted molar refractivity (Wildman–Crippen MR) is 68.4 cm³/mol. The number of hydrogen-bond donors (Lipinski definition) is 2. The Kier molecular flexibility index (Phi) is 3.27. The first kappa shape index (κ1) is 11.2. The SMILES string of the molecule is Cc1[nH]c2ccccc2c1CN(C)CCN. The molecule has 0 spiro atoms. The highest BCUT2D eigenvalue weighted by Crippen LogP contribution is 2.22. The molecule has 0 aliphatic heterocycles. The molecule has 0 aliphatic rings. The quantitative estimate of drug-likeness (QED) is 0.821. The molecule has 0 aliphatic carbocycles. The van der Waals surface area contributed by atoms with Crippen molar-refractivity contribution in [2.24, 2.45) is 5.73 Å². The van der Waals surface area contributed by atoms with E-state index in [0.717, 1.165) is 13.1 Å². The second kappa shape index (κ2) is 4.68. The minimum absolute atomic E-state index is 0.706. The number of nitrogens with one attached hydrogen (secondary N) is 1. The van der Waals surface area contributed by atoms with E-state index in [1.807, 2.05) is 0 Å². The molecular weight excluding hydrogens is 198 g/mol. The zero-order valence-electron chi connectivity index (χ0n) is 9.96. The molecule has 0 fully saturated rings. The number of hydrogen-bond acceptors (Lipinski definition) is 2. The summed E-state index contributed by atoms with van der Waals surface area (Å²) in [5.74, 6) is 0. The molecule has 1 aromatic carbocycles. The zero-order valence-corrected chi connectivity index (χ0v) is 9.96. The number of aromatic nitrogens is 1. The van der Waals surface area contributed by atoms with Crippen molar-refractivity contribution in [1.82, 2.24) is 9.88 Å². The molecule has 2 rings (SSSR count). The average Bonchev–Trinajstić information content (AvgIpc) is 2.56. The molecule has 0 bridgehead atoms. The van der Waals surface area contributed by atoms with Crippen molar-refractivity contribution in [2.45, 2.75) is 13.5 Å². The topological polar surface area (TPSA) is 45.0 Å².